The summed E-state index contributed by atoms with van der Waals surface area (Å²) < 4.78 is 29.3. The van der Waals surface area contributed by atoms with E-state index < -0.39 is 76.0 Å². The van der Waals surface area contributed by atoms with E-state index in [1.165, 1.54) is 36.4 Å². The van der Waals surface area contributed by atoms with Crippen molar-refractivity contribution < 1.29 is 33.1 Å². The lowest BCUT2D eigenvalue weighted by molar-refractivity contribution is -0.138. The molecule has 5 aromatic carbocycles. The number of amides is 4. The van der Waals surface area contributed by atoms with Crippen LogP contribution in [0.5, 0.6) is 5.75 Å². The Kier molecular flexibility index (Phi) is 9.58. The van der Waals surface area contributed by atoms with Gasteiger partial charge in [0.2, 0.25) is 11.8 Å². The molecule has 302 valence electrons. The van der Waals surface area contributed by atoms with Crippen LogP contribution in [0, 0.1) is 35.3 Å². The van der Waals surface area contributed by atoms with Crippen LogP contribution in [0.1, 0.15) is 29.9 Å². The predicted molar refractivity (Wildman–Crippen MR) is 221 cm³/mol. The van der Waals surface area contributed by atoms with Crippen molar-refractivity contribution in [2.45, 2.75) is 24.2 Å². The molecule has 0 spiro atoms. The van der Waals surface area contributed by atoms with E-state index in [0.717, 1.165) is 21.7 Å². The van der Waals surface area contributed by atoms with E-state index in [2.05, 4.69) is 15.7 Å². The third-order valence-corrected chi connectivity index (χ3v) is 12.6. The predicted octanol–water partition coefficient (Wildman–Crippen LogP) is 8.99. The van der Waals surface area contributed by atoms with E-state index in [-0.39, 0.29) is 24.1 Å². The molecular formula is C46H37ClF2N6O5. The largest absolute Gasteiger partial charge is 0.505 e. The minimum atomic E-state index is -1.78. The van der Waals surface area contributed by atoms with Gasteiger partial charge in [-0.15, -0.1) is 0 Å². The van der Waals surface area contributed by atoms with Crippen LogP contribution >= 0.6 is 11.6 Å². The normalized spacial score (nSPS) is 24.7. The van der Waals surface area contributed by atoms with Gasteiger partial charge < -0.3 is 10.0 Å². The third kappa shape index (κ3) is 6.14. The Morgan fingerprint density at radius 2 is 1.43 bits per heavy atom. The van der Waals surface area contributed by atoms with Gasteiger partial charge in [0.1, 0.15) is 5.82 Å². The first-order valence-corrected chi connectivity index (χ1v) is 19.8. The van der Waals surface area contributed by atoms with Gasteiger partial charge in [0.25, 0.3) is 11.8 Å². The summed E-state index contributed by atoms with van der Waals surface area (Å²) in [7, 11) is 3.89. The average Bonchev–Trinajstić information content (AvgIpc) is 3.63. The molecule has 2 aliphatic carbocycles. The number of carbonyl (C=O) groups is 4. The number of allylic oxidation sites excluding steroid dienone is 2. The number of azo groups is 1. The van der Waals surface area contributed by atoms with Gasteiger partial charge in [-0.2, -0.15) is 15.2 Å². The molecule has 2 saturated heterocycles. The van der Waals surface area contributed by atoms with Gasteiger partial charge in [0, 0.05) is 36.3 Å². The summed E-state index contributed by atoms with van der Waals surface area (Å²) >= 11 is 6.34. The molecule has 9 rings (SSSR count). The smallest absolute Gasteiger partial charge is 0.260 e. The lowest BCUT2D eigenvalue weighted by atomic mass is 9.49. The Hall–Kier alpha value is -6.73. The number of hydrazine groups is 1. The zero-order valence-electron chi connectivity index (χ0n) is 32.3. The Labute approximate surface area is 348 Å². The number of halogens is 3. The molecule has 0 unspecified atom stereocenters. The number of para-hydroxylation sites is 1. The van der Waals surface area contributed by atoms with Crippen molar-refractivity contribution in [2.75, 3.05) is 29.3 Å². The summed E-state index contributed by atoms with van der Waals surface area (Å²) in [4.78, 5) is 62.1. The molecule has 4 amide bonds. The SMILES string of the molecule is CN(C)c1ccc(N=Nc2ccc(N3C(=O)[C@H]4[C@H](CC=C5[C@H]4C[C@H]4C(=O)N(Nc6ccc(F)cc6)C(=O)[C@@]4(c4ccc(Cl)cc4)[C@H]5c4cccc(F)c4O)C3=O)cc2)cc1. The highest BCUT2D eigenvalue weighted by Crippen LogP contribution is 2.65. The fourth-order valence-electron chi connectivity index (χ4n) is 9.62. The number of fused-ring (bicyclic) bond motifs is 4. The number of anilines is 3. The molecular weight excluding hydrogens is 790 g/mol. The van der Waals surface area contributed by atoms with Crippen molar-refractivity contribution in [3.05, 3.63) is 155 Å². The second-order valence-electron chi connectivity index (χ2n) is 15.7. The van der Waals surface area contributed by atoms with Crippen LogP contribution < -0.4 is 15.2 Å². The number of carbonyl (C=O) groups excluding carboxylic acids is 4. The van der Waals surface area contributed by atoms with Crippen molar-refractivity contribution in [1.29, 1.82) is 0 Å². The summed E-state index contributed by atoms with van der Waals surface area (Å²) in [6.07, 6.45) is 1.89. The Balaban J connectivity index is 1.11. The molecule has 0 radical (unpaired) electrons. The summed E-state index contributed by atoms with van der Waals surface area (Å²) in [5.41, 5.74) is 4.80. The zero-order valence-corrected chi connectivity index (χ0v) is 33.1. The summed E-state index contributed by atoms with van der Waals surface area (Å²) in [6.45, 7) is 0. The van der Waals surface area contributed by atoms with Gasteiger partial charge in [-0.25, -0.2) is 8.78 Å². The minimum Gasteiger partial charge on any atom is -0.505 e. The standard InChI is InChI=1S/C46H37ClF2N6O5/c1-53(2)31-18-14-28(15-19-31)50-51-29-16-20-32(21-17-29)54-42(57)34-23-22-33-36(39(34)44(54)59)24-37-43(58)55(52-30-12-10-27(48)11-13-30)45(60)46(37,25-6-8-26(47)9-7-25)40(33)35-4-3-5-38(49)41(35)56/h3-22,34,36-37,39-40,52,56H,23-24H2,1-2H3/t34-,36+,37-,39-,40+,46+/m0/s1. The minimum absolute atomic E-state index is 0.0317. The maximum Gasteiger partial charge on any atom is 0.260 e. The molecule has 2 N–H and O–H groups in total. The molecule has 3 fully saturated rings. The van der Waals surface area contributed by atoms with E-state index in [9.17, 15) is 23.9 Å². The van der Waals surface area contributed by atoms with Crippen LogP contribution in [0.15, 0.2) is 137 Å². The van der Waals surface area contributed by atoms with Crippen molar-refractivity contribution in [3.63, 3.8) is 0 Å². The number of nitrogens with zero attached hydrogens (tertiary/aromatic N) is 5. The number of aromatic hydroxyl groups is 1. The van der Waals surface area contributed by atoms with Gasteiger partial charge in [-0.05, 0) is 115 Å². The molecule has 14 heteroatoms. The van der Waals surface area contributed by atoms with Crippen LogP contribution in [0.4, 0.5) is 37.2 Å². The van der Waals surface area contributed by atoms with E-state index in [0.29, 0.717) is 33.2 Å². The molecule has 11 nitrogen and oxygen atoms in total. The number of benzene rings is 5. The van der Waals surface area contributed by atoms with Gasteiger partial charge in [0.05, 0.1) is 45.9 Å². The maximum atomic E-state index is 15.4. The second-order valence-corrected chi connectivity index (χ2v) is 16.1. The number of phenolic OH excluding ortho intramolecular Hbond substituents is 1. The highest BCUT2D eigenvalue weighted by molar-refractivity contribution is 6.30. The van der Waals surface area contributed by atoms with Crippen molar-refractivity contribution >= 4 is 63.7 Å². The Morgan fingerprint density at radius 3 is 2.08 bits per heavy atom. The van der Waals surface area contributed by atoms with Gasteiger partial charge in [0.15, 0.2) is 11.6 Å². The molecule has 0 bridgehead atoms. The van der Waals surface area contributed by atoms with E-state index in [1.54, 1.807) is 48.5 Å². The van der Waals surface area contributed by atoms with Gasteiger partial charge >= 0.3 is 0 Å². The number of hydrogen-bond acceptors (Lipinski definition) is 9. The average molecular weight is 827 g/mol. The van der Waals surface area contributed by atoms with Crippen LogP contribution in [0.2, 0.25) is 5.02 Å². The number of phenols is 1. The van der Waals surface area contributed by atoms with Crippen LogP contribution in [0.25, 0.3) is 0 Å². The lowest BCUT2D eigenvalue weighted by Gasteiger charge is -2.50. The molecule has 0 aromatic heterocycles. The number of nitrogens with one attached hydrogen (secondary N) is 1. The van der Waals surface area contributed by atoms with Crippen LogP contribution in [-0.2, 0) is 24.6 Å². The van der Waals surface area contributed by atoms with Crippen LogP contribution in [-0.4, -0.2) is 47.8 Å². The topological polar surface area (TPSA) is 135 Å². The molecule has 4 aliphatic rings. The summed E-state index contributed by atoms with van der Waals surface area (Å²) in [5.74, 6) is -9.24. The highest BCUT2D eigenvalue weighted by Gasteiger charge is 2.70. The second kappa shape index (κ2) is 14.8. The van der Waals surface area contributed by atoms with E-state index >= 15 is 9.18 Å². The Bertz CT molecular complexity index is 2620. The van der Waals surface area contributed by atoms with Gasteiger partial charge in [-0.3, -0.25) is 29.5 Å². The first-order valence-electron chi connectivity index (χ1n) is 19.4. The maximum absolute atomic E-state index is 15.4. The molecule has 2 heterocycles. The quantitative estimate of drug-likeness (QED) is 0.0906. The fraction of sp³-hybridized carbons (Fsp3) is 0.217. The molecule has 1 saturated carbocycles. The Morgan fingerprint density at radius 1 is 0.783 bits per heavy atom. The number of hydrogen-bond donors (Lipinski definition) is 2. The zero-order chi connectivity index (χ0) is 42.0. The van der Waals surface area contributed by atoms with E-state index in [1.807, 2.05) is 49.3 Å². The first kappa shape index (κ1) is 38.8. The van der Waals surface area contributed by atoms with Gasteiger partial charge in [-0.1, -0.05) is 47.5 Å². The highest BCUT2D eigenvalue weighted by atomic mass is 35.5. The molecule has 60 heavy (non-hydrogen) atoms. The van der Waals surface area contributed by atoms with E-state index in [4.69, 9.17) is 11.6 Å². The summed E-state index contributed by atoms with van der Waals surface area (Å²) in [5, 5.41) is 21.3. The molecule has 2 aliphatic heterocycles. The van der Waals surface area contributed by atoms with Crippen molar-refractivity contribution in [3.8, 4) is 5.75 Å². The summed E-state index contributed by atoms with van der Waals surface area (Å²) in [6, 6.07) is 29.7. The number of imide groups is 2. The van der Waals surface area contributed by atoms with Crippen LogP contribution in [0.3, 0.4) is 0 Å². The third-order valence-electron chi connectivity index (χ3n) is 12.3. The fourth-order valence-corrected chi connectivity index (χ4v) is 9.75. The molecule has 5 aromatic rings. The van der Waals surface area contributed by atoms with Crippen molar-refractivity contribution in [2.24, 2.45) is 33.9 Å². The molecule has 6 atom stereocenters. The monoisotopic (exact) mass is 826 g/mol. The number of rotatable bonds is 8. The first-order chi connectivity index (χ1) is 28.9. The van der Waals surface area contributed by atoms with Crippen molar-refractivity contribution in [1.82, 2.24) is 5.01 Å². The lowest BCUT2D eigenvalue weighted by Crippen LogP contribution is -2.53.